The van der Waals surface area contributed by atoms with Crippen molar-refractivity contribution in [1.82, 2.24) is 9.29 Å². The zero-order valence-corrected chi connectivity index (χ0v) is 27.1. The van der Waals surface area contributed by atoms with Gasteiger partial charge in [0.1, 0.15) is 24.0 Å². The summed E-state index contributed by atoms with van der Waals surface area (Å²) in [5.41, 5.74) is 1.96. The van der Waals surface area contributed by atoms with E-state index in [1.54, 1.807) is 42.6 Å². The van der Waals surface area contributed by atoms with Crippen LogP contribution in [0.3, 0.4) is 0 Å². The molecule has 1 aliphatic heterocycles. The molecule has 3 aromatic carbocycles. The lowest BCUT2D eigenvalue weighted by atomic mass is 9.99. The van der Waals surface area contributed by atoms with Crippen LogP contribution in [0.2, 0.25) is 0 Å². The van der Waals surface area contributed by atoms with E-state index in [1.165, 1.54) is 18.2 Å². The number of benzene rings is 3. The molecule has 0 unspecified atom stereocenters. The molecule has 2 heterocycles. The molecule has 2 aliphatic rings. The Morgan fingerprint density at radius 3 is 2.12 bits per heavy atom. The fourth-order valence-electron chi connectivity index (χ4n) is 6.21. The fraction of sp³-hybridized carbons (Fsp3) is 0.286. The second-order valence-electron chi connectivity index (χ2n) is 12.1. The molecule has 50 heavy (non-hydrogen) atoms. The van der Waals surface area contributed by atoms with Crippen molar-refractivity contribution in [2.75, 3.05) is 11.4 Å². The van der Waals surface area contributed by atoms with Gasteiger partial charge in [0.25, 0.3) is 0 Å². The average molecular weight is 716 g/mol. The Bertz CT molecular complexity index is 2020. The molecule has 1 aromatic heterocycles. The average Bonchev–Trinajstić information content (AvgIpc) is 3.63. The van der Waals surface area contributed by atoms with E-state index in [2.05, 4.69) is 4.98 Å². The van der Waals surface area contributed by atoms with Crippen molar-refractivity contribution in [1.29, 1.82) is 0 Å². The Balaban J connectivity index is 1.36. The number of rotatable bonds is 11. The van der Waals surface area contributed by atoms with Crippen LogP contribution in [-0.2, 0) is 28.0 Å². The minimum atomic E-state index is -5.42. The van der Waals surface area contributed by atoms with E-state index >= 15 is 0 Å². The first kappa shape index (κ1) is 35.0. The summed E-state index contributed by atoms with van der Waals surface area (Å²) < 4.78 is 104. The van der Waals surface area contributed by atoms with E-state index in [9.17, 15) is 45.1 Å². The molecule has 0 spiro atoms. The van der Waals surface area contributed by atoms with E-state index in [0.717, 1.165) is 41.7 Å². The quantitative estimate of drug-likeness (QED) is 0.104. The van der Waals surface area contributed by atoms with Gasteiger partial charge in [-0.2, -0.15) is 4.31 Å². The number of sulfonamides is 1. The molecule has 262 valence electrons. The molecular weight excluding hydrogens is 685 g/mol. The molecular formula is C35H30F5N3O6S. The maximum absolute atomic E-state index is 14.7. The molecule has 1 atom stereocenters. The van der Waals surface area contributed by atoms with Gasteiger partial charge < -0.3 is 14.7 Å². The maximum Gasteiger partial charge on any atom is 0.339 e. The summed E-state index contributed by atoms with van der Waals surface area (Å²) in [7, 11) is -5.42. The highest BCUT2D eigenvalue weighted by molar-refractivity contribution is 7.89. The van der Waals surface area contributed by atoms with Crippen LogP contribution >= 0.6 is 0 Å². The zero-order chi connectivity index (χ0) is 35.7. The van der Waals surface area contributed by atoms with Gasteiger partial charge in [0.2, 0.25) is 21.7 Å². The molecule has 15 heteroatoms. The first-order chi connectivity index (χ1) is 23.9. The monoisotopic (exact) mass is 715 g/mol. The zero-order valence-electron chi connectivity index (χ0n) is 26.3. The van der Waals surface area contributed by atoms with E-state index in [-0.39, 0.29) is 36.6 Å². The highest BCUT2D eigenvalue weighted by Gasteiger charge is 2.48. The van der Waals surface area contributed by atoms with Gasteiger partial charge in [-0.15, -0.1) is 0 Å². The van der Waals surface area contributed by atoms with Crippen molar-refractivity contribution in [2.24, 2.45) is 0 Å². The van der Waals surface area contributed by atoms with E-state index in [0.29, 0.717) is 15.9 Å². The largest absolute Gasteiger partial charge is 0.488 e. The van der Waals surface area contributed by atoms with Crippen LogP contribution in [0.1, 0.15) is 65.2 Å². The number of carbonyl (C=O) groups excluding carboxylic acids is 1. The van der Waals surface area contributed by atoms with Gasteiger partial charge in [-0.25, -0.2) is 35.2 Å². The Morgan fingerprint density at radius 1 is 0.880 bits per heavy atom. The van der Waals surface area contributed by atoms with Gasteiger partial charge >= 0.3 is 5.97 Å². The number of nitrogens with zero attached hydrogens (tertiary/aromatic N) is 3. The van der Waals surface area contributed by atoms with Gasteiger partial charge in [0.15, 0.2) is 28.2 Å². The summed E-state index contributed by atoms with van der Waals surface area (Å²) in [4.78, 5) is 29.8. The number of aromatic nitrogens is 1. The fourth-order valence-corrected chi connectivity index (χ4v) is 7.95. The Morgan fingerprint density at radius 2 is 1.54 bits per heavy atom. The van der Waals surface area contributed by atoms with E-state index in [1.807, 2.05) is 6.07 Å². The van der Waals surface area contributed by atoms with Crippen LogP contribution in [0.25, 0.3) is 0 Å². The summed E-state index contributed by atoms with van der Waals surface area (Å²) in [6, 6.07) is 14.6. The second-order valence-corrected chi connectivity index (χ2v) is 13.9. The smallest absolute Gasteiger partial charge is 0.339 e. The number of hydrogen-bond acceptors (Lipinski definition) is 6. The number of amides is 1. The second kappa shape index (κ2) is 14.2. The Labute approximate surface area is 284 Å². The summed E-state index contributed by atoms with van der Waals surface area (Å²) in [5, 5.41) is 9.84. The number of halogens is 5. The molecule has 1 aliphatic carbocycles. The van der Waals surface area contributed by atoms with Gasteiger partial charge in [-0.3, -0.25) is 9.78 Å². The minimum Gasteiger partial charge on any atom is -0.488 e. The SMILES string of the molecule is O=C(O)c1ccc(N(Cc2ccc(C3CCCC3)cn2)C(=O)[C@H]2CCN2S(=O)(=O)c2c(F)c(F)c(F)c(F)c2F)cc1OCc1ccccc1. The predicted molar refractivity (Wildman–Crippen MR) is 169 cm³/mol. The highest BCUT2D eigenvalue weighted by atomic mass is 32.2. The third-order valence-electron chi connectivity index (χ3n) is 9.00. The molecule has 4 aromatic rings. The van der Waals surface area contributed by atoms with Crippen molar-refractivity contribution < 1.29 is 49.8 Å². The molecule has 0 radical (unpaired) electrons. The van der Waals surface area contributed by atoms with Crippen molar-refractivity contribution in [2.45, 2.75) is 62.1 Å². The van der Waals surface area contributed by atoms with Crippen molar-refractivity contribution >= 4 is 27.6 Å². The first-order valence-corrected chi connectivity index (χ1v) is 17.2. The van der Waals surface area contributed by atoms with E-state index < -0.39 is 68.5 Å². The van der Waals surface area contributed by atoms with Crippen LogP contribution in [-0.4, -0.2) is 47.3 Å². The molecule has 1 saturated heterocycles. The highest BCUT2D eigenvalue weighted by Crippen LogP contribution is 2.37. The third kappa shape index (κ3) is 6.66. The van der Waals surface area contributed by atoms with Crippen LogP contribution < -0.4 is 9.64 Å². The summed E-state index contributed by atoms with van der Waals surface area (Å²) in [6.07, 6.45) is 5.77. The normalized spacial score (nSPS) is 16.6. The number of carboxylic acids is 1. The van der Waals surface area contributed by atoms with Crippen LogP contribution in [0.15, 0.2) is 71.8 Å². The standard InChI is InChI=1S/C35H30F5N3O6S/c36-28-29(37)31(39)33(32(40)30(28)38)50(47,48)43-15-14-26(43)34(44)42(18-23-11-10-22(17-41-23)21-8-4-5-9-21)24-12-13-25(35(45)46)27(16-24)49-19-20-6-2-1-3-7-20/h1-3,6-7,10-13,16-17,21,26H,4-5,8-9,14-15,18-19H2,(H,45,46)/t26-/m1/s1. The summed E-state index contributed by atoms with van der Waals surface area (Å²) in [5.74, 6) is -14.5. The lowest BCUT2D eigenvalue weighted by Gasteiger charge is -2.41. The third-order valence-corrected chi connectivity index (χ3v) is 10.9. The topological polar surface area (TPSA) is 117 Å². The number of pyridine rings is 1. The number of ether oxygens (including phenoxy) is 1. The van der Waals surface area contributed by atoms with Crippen LogP contribution in [0.4, 0.5) is 27.6 Å². The predicted octanol–water partition coefficient (Wildman–Crippen LogP) is 6.71. The summed E-state index contributed by atoms with van der Waals surface area (Å²) >= 11 is 0. The Kier molecular flexibility index (Phi) is 9.89. The maximum atomic E-state index is 14.7. The molecule has 1 N–H and O–H groups in total. The number of carbonyl (C=O) groups is 2. The number of carboxylic acid groups (broad SMARTS) is 1. The lowest BCUT2D eigenvalue weighted by Crippen LogP contribution is -2.59. The number of hydrogen-bond donors (Lipinski definition) is 1. The van der Waals surface area contributed by atoms with Gasteiger partial charge in [0, 0.05) is 24.5 Å². The minimum absolute atomic E-state index is 0.0285. The first-order valence-electron chi connectivity index (χ1n) is 15.7. The van der Waals surface area contributed by atoms with Crippen molar-refractivity contribution in [3.63, 3.8) is 0 Å². The number of aromatic carboxylic acids is 1. The molecule has 2 fully saturated rings. The van der Waals surface area contributed by atoms with Gasteiger partial charge in [0.05, 0.1) is 12.2 Å². The van der Waals surface area contributed by atoms with Crippen LogP contribution in [0.5, 0.6) is 5.75 Å². The van der Waals surface area contributed by atoms with Crippen molar-refractivity contribution in [3.8, 4) is 5.75 Å². The number of anilines is 1. The van der Waals surface area contributed by atoms with Gasteiger partial charge in [-0.1, -0.05) is 49.2 Å². The van der Waals surface area contributed by atoms with E-state index in [4.69, 9.17) is 4.74 Å². The van der Waals surface area contributed by atoms with Crippen LogP contribution in [0, 0.1) is 29.1 Å². The van der Waals surface area contributed by atoms with Gasteiger partial charge in [-0.05, 0) is 54.5 Å². The molecule has 9 nitrogen and oxygen atoms in total. The lowest BCUT2D eigenvalue weighted by molar-refractivity contribution is -0.125. The molecule has 1 saturated carbocycles. The molecule has 0 bridgehead atoms. The molecule has 6 rings (SSSR count). The Hall–Kier alpha value is -4.89. The summed E-state index contributed by atoms with van der Waals surface area (Å²) in [6.45, 7) is -0.732. The molecule has 1 amide bonds. The van der Waals surface area contributed by atoms with Crippen molar-refractivity contribution in [3.05, 3.63) is 118 Å².